The van der Waals surface area contributed by atoms with Crippen molar-refractivity contribution >= 4 is 0 Å². The highest BCUT2D eigenvalue weighted by atomic mass is 16.3. The van der Waals surface area contributed by atoms with Crippen LogP contribution in [-0.2, 0) is 6.42 Å². The quantitative estimate of drug-likeness (QED) is 0.781. The molecule has 6 atom stereocenters. The van der Waals surface area contributed by atoms with Gasteiger partial charge in [0.2, 0.25) is 0 Å². The lowest BCUT2D eigenvalue weighted by Gasteiger charge is -2.49. The predicted molar refractivity (Wildman–Crippen MR) is 83.7 cm³/mol. The monoisotopic (exact) mass is 301 g/mol. The van der Waals surface area contributed by atoms with E-state index in [1.54, 1.807) is 6.07 Å². The molecule has 4 nitrogen and oxygen atoms in total. The lowest BCUT2D eigenvalue weighted by molar-refractivity contribution is 0.0474. The first kappa shape index (κ1) is 14.2. The van der Waals surface area contributed by atoms with Gasteiger partial charge in [0.1, 0.15) is 11.8 Å². The molecule has 3 aliphatic carbocycles. The summed E-state index contributed by atoms with van der Waals surface area (Å²) in [4.78, 5) is 11.2. The van der Waals surface area contributed by atoms with Crippen LogP contribution in [0, 0.1) is 22.2 Å². The number of nitrogens with zero attached hydrogens (tertiary/aromatic N) is 1. The number of hydrogen-bond donors (Lipinski definition) is 2. The molecule has 2 fully saturated rings. The maximum Gasteiger partial charge on any atom is 0.123 e. The Morgan fingerprint density at radius 1 is 1.32 bits per heavy atom. The van der Waals surface area contributed by atoms with Crippen molar-refractivity contribution in [1.82, 2.24) is 0 Å². The third-order valence-electron chi connectivity index (χ3n) is 6.80. The molecule has 0 saturated heterocycles. The van der Waals surface area contributed by atoms with E-state index in [1.165, 1.54) is 11.1 Å². The van der Waals surface area contributed by atoms with Crippen LogP contribution in [0.1, 0.15) is 49.7 Å². The Morgan fingerprint density at radius 3 is 2.91 bits per heavy atom. The molecule has 22 heavy (non-hydrogen) atoms. The number of benzene rings is 1. The number of aliphatic hydroxyl groups is 1. The zero-order chi connectivity index (χ0) is 15.5. The molecule has 3 aliphatic rings. The van der Waals surface area contributed by atoms with E-state index in [-0.39, 0.29) is 5.41 Å². The van der Waals surface area contributed by atoms with Crippen molar-refractivity contribution in [2.24, 2.45) is 22.4 Å². The maximum atomic E-state index is 11.2. The highest BCUT2D eigenvalue weighted by molar-refractivity contribution is 5.40. The number of fused-ring (bicyclic) bond motifs is 5. The van der Waals surface area contributed by atoms with Gasteiger partial charge < -0.3 is 10.2 Å². The summed E-state index contributed by atoms with van der Waals surface area (Å²) in [6.45, 7) is 2.16. The van der Waals surface area contributed by atoms with E-state index in [1.807, 2.05) is 6.07 Å². The molecule has 2 N–H and O–H groups in total. The molecule has 0 amide bonds. The van der Waals surface area contributed by atoms with E-state index in [4.69, 9.17) is 0 Å². The zero-order valence-electron chi connectivity index (χ0n) is 12.9. The summed E-state index contributed by atoms with van der Waals surface area (Å²) in [5.74, 6) is 1.75. The smallest absolute Gasteiger partial charge is 0.123 e. The van der Waals surface area contributed by atoms with E-state index in [2.05, 4.69) is 18.2 Å². The van der Waals surface area contributed by atoms with Crippen molar-refractivity contribution in [3.8, 4) is 5.75 Å². The van der Waals surface area contributed by atoms with Gasteiger partial charge in [-0.05, 0) is 78.5 Å². The minimum atomic E-state index is -0.576. The van der Waals surface area contributed by atoms with Crippen LogP contribution in [0.4, 0.5) is 0 Å². The summed E-state index contributed by atoms with van der Waals surface area (Å²) >= 11 is 0. The molecular formula is C18H23NO3. The molecule has 2 saturated carbocycles. The van der Waals surface area contributed by atoms with E-state index in [9.17, 15) is 15.1 Å². The van der Waals surface area contributed by atoms with Crippen molar-refractivity contribution in [2.45, 2.75) is 57.1 Å². The minimum absolute atomic E-state index is 0.142. The Hall–Kier alpha value is -1.42. The molecule has 0 spiro atoms. The van der Waals surface area contributed by atoms with Gasteiger partial charge in [-0.1, -0.05) is 18.2 Å². The number of aryl methyl sites for hydroxylation is 1. The number of nitroso groups, excluding NO2 is 1. The molecule has 4 heteroatoms. The molecule has 0 bridgehead atoms. The third-order valence-corrected chi connectivity index (χ3v) is 6.80. The second-order valence-corrected chi connectivity index (χ2v) is 7.70. The summed E-state index contributed by atoms with van der Waals surface area (Å²) < 4.78 is 0. The summed E-state index contributed by atoms with van der Waals surface area (Å²) in [6, 6.07) is 5.32. The van der Waals surface area contributed by atoms with Crippen LogP contribution >= 0.6 is 0 Å². The van der Waals surface area contributed by atoms with Crippen LogP contribution in [0.15, 0.2) is 23.4 Å². The number of aromatic hydroxyl groups is 1. The number of phenolic OH excluding ortho intramolecular Hbond substituents is 1. The van der Waals surface area contributed by atoms with Gasteiger partial charge in [-0.15, -0.1) is 0 Å². The largest absolute Gasteiger partial charge is 0.508 e. The van der Waals surface area contributed by atoms with E-state index < -0.39 is 12.1 Å². The summed E-state index contributed by atoms with van der Waals surface area (Å²) in [5.41, 5.74) is 2.50. The summed E-state index contributed by atoms with van der Waals surface area (Å²) in [5, 5.41) is 23.3. The van der Waals surface area contributed by atoms with Gasteiger partial charge in [0.05, 0.1) is 6.10 Å². The van der Waals surface area contributed by atoms with Crippen LogP contribution in [0.5, 0.6) is 5.75 Å². The average Bonchev–Trinajstić information content (AvgIpc) is 2.76. The summed E-state index contributed by atoms with van der Waals surface area (Å²) in [7, 11) is 0. The molecule has 0 aliphatic heterocycles. The van der Waals surface area contributed by atoms with Crippen LogP contribution in [0.2, 0.25) is 0 Å². The van der Waals surface area contributed by atoms with Gasteiger partial charge in [-0.25, -0.2) is 0 Å². The fourth-order valence-corrected chi connectivity index (χ4v) is 5.75. The van der Waals surface area contributed by atoms with E-state index in [0.29, 0.717) is 29.9 Å². The van der Waals surface area contributed by atoms with Gasteiger partial charge in [0.25, 0.3) is 0 Å². The van der Waals surface area contributed by atoms with Crippen LogP contribution in [0.3, 0.4) is 0 Å². The van der Waals surface area contributed by atoms with Gasteiger partial charge in [-0.2, -0.15) is 4.91 Å². The average molecular weight is 301 g/mol. The second-order valence-electron chi connectivity index (χ2n) is 7.70. The van der Waals surface area contributed by atoms with Gasteiger partial charge in [-0.3, -0.25) is 0 Å². The molecule has 0 aromatic heterocycles. The Bertz CT molecular complexity index is 616. The standard InChI is InChI=1S/C18H23NO3/c1-18-7-6-13-12-5-3-11(20)8-10(12)2-4-14(13)15(18)9-16(21)17(18)19-22/h3,5,8,13-17,20-21H,2,4,6-7,9H2,1H3/t13?,14?,15?,16?,17-,18-/m0/s1. The number of rotatable bonds is 1. The zero-order valence-corrected chi connectivity index (χ0v) is 12.9. The molecule has 1 aromatic rings. The minimum Gasteiger partial charge on any atom is -0.508 e. The van der Waals surface area contributed by atoms with E-state index >= 15 is 0 Å². The summed E-state index contributed by atoms with van der Waals surface area (Å²) in [6.07, 6.45) is 4.20. The van der Waals surface area contributed by atoms with Gasteiger partial charge in [0, 0.05) is 0 Å². The second kappa shape index (κ2) is 4.79. The third kappa shape index (κ3) is 1.79. The van der Waals surface area contributed by atoms with Crippen molar-refractivity contribution in [3.05, 3.63) is 34.2 Å². The first-order valence-corrected chi connectivity index (χ1v) is 8.37. The van der Waals surface area contributed by atoms with Crippen molar-refractivity contribution in [1.29, 1.82) is 0 Å². The normalized spacial score (nSPS) is 43.1. The topological polar surface area (TPSA) is 69.9 Å². The molecule has 118 valence electrons. The van der Waals surface area contributed by atoms with E-state index in [0.717, 1.165) is 25.7 Å². The molecule has 1 aromatic carbocycles. The van der Waals surface area contributed by atoms with Gasteiger partial charge in [0.15, 0.2) is 0 Å². The molecule has 4 unspecified atom stereocenters. The highest BCUT2D eigenvalue weighted by Gasteiger charge is 2.59. The predicted octanol–water partition coefficient (Wildman–Crippen LogP) is 3.35. The van der Waals surface area contributed by atoms with Crippen LogP contribution in [0.25, 0.3) is 0 Å². The SMILES string of the molecule is C[C@]12CCC3c4ccc(O)cc4CCC3C1CC(O)[C@@H]2N=O. The van der Waals surface area contributed by atoms with Crippen molar-refractivity contribution < 1.29 is 10.2 Å². The van der Waals surface area contributed by atoms with Crippen LogP contribution < -0.4 is 0 Å². The number of hydrogen-bond acceptors (Lipinski definition) is 4. The molecular weight excluding hydrogens is 278 g/mol. The highest BCUT2D eigenvalue weighted by Crippen LogP contribution is 2.61. The first-order valence-electron chi connectivity index (χ1n) is 8.37. The molecule has 0 heterocycles. The lowest BCUT2D eigenvalue weighted by Crippen LogP contribution is -2.44. The van der Waals surface area contributed by atoms with Gasteiger partial charge >= 0.3 is 0 Å². The van der Waals surface area contributed by atoms with Crippen LogP contribution in [-0.4, -0.2) is 22.4 Å². The number of aliphatic hydroxyl groups excluding tert-OH is 1. The molecule has 4 rings (SSSR count). The van der Waals surface area contributed by atoms with Crippen molar-refractivity contribution in [3.63, 3.8) is 0 Å². The fraction of sp³-hybridized carbons (Fsp3) is 0.667. The lowest BCUT2D eigenvalue weighted by atomic mass is 9.55. The Kier molecular flexibility index (Phi) is 3.09. The Morgan fingerprint density at radius 2 is 2.14 bits per heavy atom. The fourth-order valence-electron chi connectivity index (χ4n) is 5.75. The van der Waals surface area contributed by atoms with Crippen molar-refractivity contribution in [2.75, 3.05) is 0 Å². The molecule has 0 radical (unpaired) electrons. The number of phenols is 1. The first-order chi connectivity index (χ1) is 10.5. The maximum absolute atomic E-state index is 11.2. The Balaban J connectivity index is 1.71. The Labute approximate surface area is 130 Å².